The van der Waals surface area contributed by atoms with Crippen LogP contribution in [0.1, 0.15) is 26.7 Å². The van der Waals surface area contributed by atoms with Crippen molar-refractivity contribution in [2.24, 2.45) is 0 Å². The topological polar surface area (TPSA) is 69.6 Å². The molecule has 0 radical (unpaired) electrons. The Morgan fingerprint density at radius 2 is 2.18 bits per heavy atom. The molecule has 98 valence electrons. The van der Waals surface area contributed by atoms with Crippen molar-refractivity contribution >= 4 is 23.6 Å². The predicted octanol–water partition coefficient (Wildman–Crippen LogP) is 0.751. The number of thioether (sulfide) groups is 1. The molecule has 0 bridgehead atoms. The molecule has 2 N–H and O–H groups in total. The van der Waals surface area contributed by atoms with Crippen LogP contribution >= 0.6 is 11.8 Å². The number of carbonyl (C=O) groups excluding carboxylic acids is 1. The van der Waals surface area contributed by atoms with Crippen molar-refractivity contribution in [2.75, 3.05) is 18.8 Å². The molecule has 1 aliphatic rings. The Morgan fingerprint density at radius 1 is 1.47 bits per heavy atom. The van der Waals surface area contributed by atoms with E-state index in [0.29, 0.717) is 12.3 Å². The van der Waals surface area contributed by atoms with E-state index in [1.54, 1.807) is 16.7 Å². The molecule has 0 aliphatic carbocycles. The number of carboxylic acids is 1. The van der Waals surface area contributed by atoms with E-state index in [9.17, 15) is 9.59 Å². The fourth-order valence-corrected chi connectivity index (χ4v) is 3.42. The standard InChI is InChI=1S/C11H20N2O3S/c1-3-5-10-13(9(14)6-12-4-2)8(7-17-10)11(15)16/h8,10,12H,3-7H2,1-2H3,(H,15,16). The summed E-state index contributed by atoms with van der Waals surface area (Å²) in [5.41, 5.74) is 0. The fourth-order valence-electron chi connectivity index (χ4n) is 1.88. The Morgan fingerprint density at radius 3 is 2.71 bits per heavy atom. The molecule has 0 saturated carbocycles. The number of carboxylic acid groups (broad SMARTS) is 1. The number of nitrogens with one attached hydrogen (secondary N) is 1. The van der Waals surface area contributed by atoms with Crippen molar-refractivity contribution in [3.8, 4) is 0 Å². The maximum absolute atomic E-state index is 12.0. The fraction of sp³-hybridized carbons (Fsp3) is 0.818. The number of aliphatic carboxylic acids is 1. The van der Waals surface area contributed by atoms with Crippen LogP contribution in [0.25, 0.3) is 0 Å². The van der Waals surface area contributed by atoms with Gasteiger partial charge in [0.05, 0.1) is 11.9 Å². The number of hydrogen-bond donors (Lipinski definition) is 2. The minimum Gasteiger partial charge on any atom is -0.480 e. The van der Waals surface area contributed by atoms with Gasteiger partial charge in [-0.1, -0.05) is 20.3 Å². The maximum Gasteiger partial charge on any atom is 0.327 e. The molecular weight excluding hydrogens is 240 g/mol. The second-order valence-corrected chi connectivity index (χ2v) is 5.22. The normalized spacial score (nSPS) is 24.0. The molecule has 0 spiro atoms. The lowest BCUT2D eigenvalue weighted by Gasteiger charge is -2.27. The monoisotopic (exact) mass is 260 g/mol. The third-order valence-electron chi connectivity index (χ3n) is 2.73. The quantitative estimate of drug-likeness (QED) is 0.737. The lowest BCUT2D eigenvalue weighted by atomic mass is 10.2. The van der Waals surface area contributed by atoms with E-state index in [1.165, 1.54) is 0 Å². The molecule has 1 heterocycles. The van der Waals surface area contributed by atoms with Crippen molar-refractivity contribution in [1.29, 1.82) is 0 Å². The van der Waals surface area contributed by atoms with Gasteiger partial charge in [-0.3, -0.25) is 4.79 Å². The third kappa shape index (κ3) is 3.61. The van der Waals surface area contributed by atoms with Crippen molar-refractivity contribution in [1.82, 2.24) is 10.2 Å². The molecule has 0 aromatic carbocycles. The van der Waals surface area contributed by atoms with Crippen LogP contribution in [0.5, 0.6) is 0 Å². The van der Waals surface area contributed by atoms with Crippen molar-refractivity contribution in [3.63, 3.8) is 0 Å². The number of nitrogens with zero attached hydrogens (tertiary/aromatic N) is 1. The number of hydrogen-bond acceptors (Lipinski definition) is 4. The first-order valence-electron chi connectivity index (χ1n) is 5.98. The van der Waals surface area contributed by atoms with E-state index in [2.05, 4.69) is 5.32 Å². The molecule has 1 rings (SSSR count). The van der Waals surface area contributed by atoms with Gasteiger partial charge in [-0.05, 0) is 13.0 Å². The minimum absolute atomic E-state index is 0.0206. The van der Waals surface area contributed by atoms with Gasteiger partial charge in [-0.2, -0.15) is 0 Å². The average Bonchev–Trinajstić information content (AvgIpc) is 2.70. The van der Waals surface area contributed by atoms with Gasteiger partial charge in [-0.15, -0.1) is 11.8 Å². The van der Waals surface area contributed by atoms with Crippen LogP contribution in [-0.4, -0.2) is 52.1 Å². The summed E-state index contributed by atoms with van der Waals surface area (Å²) in [4.78, 5) is 24.6. The number of likely N-dealkylation sites (N-methyl/N-ethyl adjacent to an activating group) is 1. The van der Waals surface area contributed by atoms with Gasteiger partial charge in [0.2, 0.25) is 5.91 Å². The van der Waals surface area contributed by atoms with Gasteiger partial charge in [0.25, 0.3) is 0 Å². The molecule has 0 aromatic rings. The summed E-state index contributed by atoms with van der Waals surface area (Å²) in [6.07, 6.45) is 1.81. The van der Waals surface area contributed by atoms with Crippen LogP contribution in [0.15, 0.2) is 0 Å². The SMILES string of the molecule is CCCC1SCC(C(=O)O)N1C(=O)CNCC. The Bertz CT molecular complexity index is 286. The van der Waals surface area contributed by atoms with Crippen LogP contribution in [-0.2, 0) is 9.59 Å². The summed E-state index contributed by atoms with van der Waals surface area (Å²) in [5, 5.41) is 12.1. The lowest BCUT2D eigenvalue weighted by molar-refractivity contribution is -0.148. The zero-order valence-corrected chi connectivity index (χ0v) is 11.1. The molecule has 2 atom stereocenters. The largest absolute Gasteiger partial charge is 0.480 e. The number of amides is 1. The highest BCUT2D eigenvalue weighted by atomic mass is 32.2. The summed E-state index contributed by atoms with van der Waals surface area (Å²) in [5.74, 6) is -0.513. The molecule has 1 aliphatic heterocycles. The van der Waals surface area contributed by atoms with E-state index in [0.717, 1.165) is 12.8 Å². The van der Waals surface area contributed by atoms with E-state index >= 15 is 0 Å². The van der Waals surface area contributed by atoms with Crippen LogP contribution in [0.3, 0.4) is 0 Å². The average molecular weight is 260 g/mol. The summed E-state index contributed by atoms with van der Waals surface area (Å²) in [6.45, 7) is 4.90. The van der Waals surface area contributed by atoms with Gasteiger partial charge >= 0.3 is 5.97 Å². The molecule has 6 heteroatoms. The maximum atomic E-state index is 12.0. The Balaban J connectivity index is 2.70. The van der Waals surface area contributed by atoms with E-state index in [1.807, 2.05) is 13.8 Å². The molecule has 1 amide bonds. The Kier molecular flexibility index (Phi) is 5.77. The Hall–Kier alpha value is -0.750. The first-order chi connectivity index (χ1) is 8.11. The minimum atomic E-state index is -0.902. The lowest BCUT2D eigenvalue weighted by Crippen LogP contribution is -2.48. The predicted molar refractivity (Wildman–Crippen MR) is 68.0 cm³/mol. The van der Waals surface area contributed by atoms with Crippen LogP contribution in [0.2, 0.25) is 0 Å². The van der Waals surface area contributed by atoms with Crippen molar-refractivity contribution in [3.05, 3.63) is 0 Å². The summed E-state index contributed by atoms with van der Waals surface area (Å²) in [6, 6.07) is -0.664. The van der Waals surface area contributed by atoms with Crippen LogP contribution in [0.4, 0.5) is 0 Å². The molecule has 0 aromatic heterocycles. The van der Waals surface area contributed by atoms with Crippen LogP contribution in [0, 0.1) is 0 Å². The highest BCUT2D eigenvalue weighted by Crippen LogP contribution is 2.32. The first-order valence-corrected chi connectivity index (χ1v) is 7.03. The molecule has 2 unspecified atom stereocenters. The molecule has 1 saturated heterocycles. The highest BCUT2D eigenvalue weighted by molar-refractivity contribution is 8.00. The molecule has 1 fully saturated rings. The van der Waals surface area contributed by atoms with Gasteiger partial charge in [-0.25, -0.2) is 4.79 Å². The van der Waals surface area contributed by atoms with Gasteiger partial charge < -0.3 is 15.3 Å². The third-order valence-corrected chi connectivity index (χ3v) is 4.08. The van der Waals surface area contributed by atoms with Crippen LogP contribution < -0.4 is 5.32 Å². The van der Waals surface area contributed by atoms with Gasteiger partial charge in [0, 0.05) is 5.75 Å². The smallest absolute Gasteiger partial charge is 0.327 e. The zero-order valence-electron chi connectivity index (χ0n) is 10.3. The number of rotatable bonds is 6. The van der Waals surface area contributed by atoms with E-state index in [4.69, 9.17) is 5.11 Å². The second kappa shape index (κ2) is 6.86. The number of carbonyl (C=O) groups is 2. The van der Waals surface area contributed by atoms with E-state index in [-0.39, 0.29) is 17.8 Å². The van der Waals surface area contributed by atoms with Gasteiger partial charge in [0.1, 0.15) is 6.04 Å². The molecular formula is C11H20N2O3S. The molecule has 5 nitrogen and oxygen atoms in total. The summed E-state index contributed by atoms with van der Waals surface area (Å²) in [7, 11) is 0. The summed E-state index contributed by atoms with van der Waals surface area (Å²) >= 11 is 1.57. The first kappa shape index (κ1) is 14.3. The van der Waals surface area contributed by atoms with E-state index < -0.39 is 12.0 Å². The summed E-state index contributed by atoms with van der Waals surface area (Å²) < 4.78 is 0. The Labute approximate surface area is 106 Å². The van der Waals surface area contributed by atoms with Crippen molar-refractivity contribution < 1.29 is 14.7 Å². The highest BCUT2D eigenvalue weighted by Gasteiger charge is 2.40. The second-order valence-electron chi connectivity index (χ2n) is 4.01. The van der Waals surface area contributed by atoms with Gasteiger partial charge in [0.15, 0.2) is 0 Å². The van der Waals surface area contributed by atoms with Crippen molar-refractivity contribution in [2.45, 2.75) is 38.1 Å². The zero-order chi connectivity index (χ0) is 12.8. The molecule has 17 heavy (non-hydrogen) atoms.